The lowest BCUT2D eigenvalue weighted by atomic mass is 9.64. The Morgan fingerprint density at radius 3 is 2.72 bits per heavy atom. The van der Waals surface area contributed by atoms with Crippen LogP contribution in [-0.4, -0.2) is 40.1 Å². The number of hydrogen-bond acceptors (Lipinski definition) is 4. The molecule has 0 radical (unpaired) electrons. The van der Waals surface area contributed by atoms with Gasteiger partial charge in [-0.25, -0.2) is 8.78 Å². The van der Waals surface area contributed by atoms with Crippen LogP contribution in [0, 0.1) is 5.92 Å². The van der Waals surface area contributed by atoms with Crippen LogP contribution in [0.2, 0.25) is 0 Å². The maximum Gasteiger partial charge on any atom is 0.309 e. The quantitative estimate of drug-likeness (QED) is 0.800. The number of alkyl halides is 2. The molecule has 1 saturated carbocycles. The number of hydrogen-bond donors (Lipinski definition) is 1. The van der Waals surface area contributed by atoms with Crippen LogP contribution in [-0.2, 0) is 16.1 Å². The summed E-state index contributed by atoms with van der Waals surface area (Å²) in [7, 11) is 0. The summed E-state index contributed by atoms with van der Waals surface area (Å²) in [6.07, 6.45) is 1.14. The zero-order chi connectivity index (χ0) is 18.2. The van der Waals surface area contributed by atoms with E-state index in [9.17, 15) is 18.7 Å². The first kappa shape index (κ1) is 17.9. The molecule has 25 heavy (non-hydrogen) atoms. The van der Waals surface area contributed by atoms with Gasteiger partial charge in [-0.2, -0.15) is 0 Å². The van der Waals surface area contributed by atoms with Crippen molar-refractivity contribution in [3.05, 3.63) is 47.7 Å². The molecule has 1 aromatic carbocycles. The maximum atomic E-state index is 13.9. The number of ether oxygens (including phenoxy) is 1. The number of rotatable bonds is 6. The fraction of sp³-hybridized carbons (Fsp3) is 0.526. The summed E-state index contributed by atoms with van der Waals surface area (Å²) in [5.74, 6) is -3.47. The summed E-state index contributed by atoms with van der Waals surface area (Å²) in [6, 6.07) is 8.56. The predicted molar refractivity (Wildman–Crippen MR) is 88.8 cm³/mol. The van der Waals surface area contributed by atoms with Crippen molar-refractivity contribution in [1.82, 2.24) is 4.90 Å². The predicted octanol–water partition coefficient (Wildman–Crippen LogP) is 3.11. The van der Waals surface area contributed by atoms with Crippen LogP contribution in [0.5, 0.6) is 0 Å². The van der Waals surface area contributed by atoms with Crippen molar-refractivity contribution in [2.45, 2.75) is 50.8 Å². The summed E-state index contributed by atoms with van der Waals surface area (Å²) in [5.41, 5.74) is 0.195. The van der Waals surface area contributed by atoms with E-state index in [-0.39, 0.29) is 25.4 Å². The van der Waals surface area contributed by atoms with E-state index in [0.717, 1.165) is 5.56 Å². The van der Waals surface area contributed by atoms with Crippen molar-refractivity contribution in [2.75, 3.05) is 6.61 Å². The Balaban J connectivity index is 1.78. The van der Waals surface area contributed by atoms with Gasteiger partial charge in [0.2, 0.25) is 0 Å². The fourth-order valence-corrected chi connectivity index (χ4v) is 3.70. The number of halogens is 2. The molecule has 0 spiro atoms. The molecule has 3 rings (SSSR count). The molecular formula is C19H23F2NO3. The number of carbonyl (C=O) groups excluding carboxylic acids is 1. The monoisotopic (exact) mass is 351 g/mol. The number of piperidine rings is 1. The van der Waals surface area contributed by atoms with E-state index in [0.29, 0.717) is 12.2 Å². The van der Waals surface area contributed by atoms with Crippen LogP contribution in [0.25, 0.3) is 0 Å². The number of likely N-dealkylation sites (tertiary alicyclic amines) is 1. The third-order valence-electron chi connectivity index (χ3n) is 4.82. The molecule has 2 fully saturated rings. The molecule has 1 saturated heterocycles. The van der Waals surface area contributed by atoms with Crippen molar-refractivity contribution in [3.8, 4) is 0 Å². The second-order valence-corrected chi connectivity index (χ2v) is 7.04. The van der Waals surface area contributed by atoms with Crippen LogP contribution >= 0.6 is 0 Å². The molecule has 3 unspecified atom stereocenters. The number of esters is 1. The highest BCUT2D eigenvalue weighted by Gasteiger charge is 2.67. The molecule has 1 heterocycles. The van der Waals surface area contributed by atoms with E-state index >= 15 is 0 Å². The summed E-state index contributed by atoms with van der Waals surface area (Å²) < 4.78 is 32.7. The third kappa shape index (κ3) is 3.54. The van der Waals surface area contributed by atoms with Gasteiger partial charge in [0.15, 0.2) is 0 Å². The SMILES string of the molecule is CCOC(=O)CC(C)(O)/C=C1\C2CC(F)(F)C2N1Cc1ccccc1. The summed E-state index contributed by atoms with van der Waals surface area (Å²) in [6.45, 7) is 3.79. The van der Waals surface area contributed by atoms with Crippen LogP contribution in [0.4, 0.5) is 8.78 Å². The molecule has 136 valence electrons. The Hall–Kier alpha value is -1.95. The van der Waals surface area contributed by atoms with Gasteiger partial charge in [0.25, 0.3) is 5.92 Å². The Bertz CT molecular complexity index is 673. The molecule has 0 aromatic heterocycles. The number of carbonyl (C=O) groups is 1. The van der Waals surface area contributed by atoms with E-state index in [4.69, 9.17) is 4.74 Å². The number of fused-ring (bicyclic) bond motifs is 1. The molecule has 1 aromatic rings. The molecule has 3 atom stereocenters. The zero-order valence-corrected chi connectivity index (χ0v) is 14.4. The Morgan fingerprint density at radius 2 is 2.12 bits per heavy atom. The zero-order valence-electron chi connectivity index (χ0n) is 14.4. The Labute approximate surface area is 146 Å². The smallest absolute Gasteiger partial charge is 0.309 e. The molecule has 0 amide bonds. The topological polar surface area (TPSA) is 49.8 Å². The molecule has 4 nitrogen and oxygen atoms in total. The van der Waals surface area contributed by atoms with E-state index in [1.807, 2.05) is 30.3 Å². The summed E-state index contributed by atoms with van der Waals surface area (Å²) >= 11 is 0. The van der Waals surface area contributed by atoms with E-state index in [1.54, 1.807) is 17.9 Å². The summed E-state index contributed by atoms with van der Waals surface area (Å²) in [5, 5.41) is 10.5. The molecule has 1 N–H and O–H groups in total. The first-order chi connectivity index (χ1) is 11.7. The van der Waals surface area contributed by atoms with Gasteiger partial charge in [0.05, 0.1) is 18.6 Å². The largest absolute Gasteiger partial charge is 0.466 e. The van der Waals surface area contributed by atoms with Gasteiger partial charge in [0.1, 0.15) is 6.04 Å². The lowest BCUT2D eigenvalue weighted by Crippen LogP contribution is -2.71. The van der Waals surface area contributed by atoms with Gasteiger partial charge in [-0.05, 0) is 25.5 Å². The van der Waals surface area contributed by atoms with Gasteiger partial charge in [-0.3, -0.25) is 4.79 Å². The molecule has 2 aliphatic rings. The minimum absolute atomic E-state index is 0.197. The highest BCUT2D eigenvalue weighted by molar-refractivity contribution is 5.71. The van der Waals surface area contributed by atoms with Gasteiger partial charge < -0.3 is 14.7 Å². The van der Waals surface area contributed by atoms with Crippen LogP contribution in [0.15, 0.2) is 42.1 Å². The van der Waals surface area contributed by atoms with Crippen molar-refractivity contribution < 1.29 is 23.4 Å². The van der Waals surface area contributed by atoms with Crippen molar-refractivity contribution in [2.24, 2.45) is 5.92 Å². The van der Waals surface area contributed by atoms with Crippen molar-refractivity contribution >= 4 is 5.97 Å². The normalized spacial score (nSPS) is 27.7. The molecule has 1 aliphatic heterocycles. The number of nitrogens with zero attached hydrogens (tertiary/aromatic N) is 1. The highest BCUT2D eigenvalue weighted by Crippen LogP contribution is 2.59. The van der Waals surface area contributed by atoms with Crippen LogP contribution < -0.4 is 0 Å². The van der Waals surface area contributed by atoms with Crippen LogP contribution in [0.3, 0.4) is 0 Å². The third-order valence-corrected chi connectivity index (χ3v) is 4.82. The molecular weight excluding hydrogens is 328 g/mol. The standard InChI is InChI=1S/C19H23F2NO3/c1-3-25-16(23)11-18(2,24)10-15-14-9-19(20,21)17(14)22(15)12-13-7-5-4-6-8-13/h4-8,10,14,17,24H,3,9,11-12H2,1-2H3/b15-10+. The second kappa shape index (κ2) is 6.41. The van der Waals surface area contributed by atoms with Gasteiger partial charge in [0, 0.05) is 24.6 Å². The lowest BCUT2D eigenvalue weighted by molar-refractivity contribution is -0.222. The number of aliphatic hydroxyl groups is 1. The first-order valence-electron chi connectivity index (χ1n) is 8.52. The van der Waals surface area contributed by atoms with Crippen molar-refractivity contribution in [1.29, 1.82) is 0 Å². The Morgan fingerprint density at radius 1 is 1.44 bits per heavy atom. The lowest BCUT2D eigenvalue weighted by Gasteiger charge is -2.62. The minimum Gasteiger partial charge on any atom is -0.466 e. The summed E-state index contributed by atoms with van der Waals surface area (Å²) in [4.78, 5) is 13.3. The molecule has 6 heteroatoms. The number of benzene rings is 1. The fourth-order valence-electron chi connectivity index (χ4n) is 3.70. The Kier molecular flexibility index (Phi) is 4.58. The average molecular weight is 351 g/mol. The second-order valence-electron chi connectivity index (χ2n) is 7.04. The molecule has 0 bridgehead atoms. The van der Waals surface area contributed by atoms with Crippen LogP contribution in [0.1, 0.15) is 32.3 Å². The van der Waals surface area contributed by atoms with Gasteiger partial charge >= 0.3 is 5.97 Å². The average Bonchev–Trinajstić information content (AvgIpc) is 2.51. The van der Waals surface area contributed by atoms with E-state index in [1.165, 1.54) is 6.92 Å². The minimum atomic E-state index is -2.70. The first-order valence-corrected chi connectivity index (χ1v) is 8.52. The molecule has 1 aliphatic carbocycles. The van der Waals surface area contributed by atoms with E-state index in [2.05, 4.69) is 0 Å². The van der Waals surface area contributed by atoms with E-state index < -0.39 is 23.5 Å². The van der Waals surface area contributed by atoms with Gasteiger partial charge in [-0.1, -0.05) is 30.3 Å². The van der Waals surface area contributed by atoms with Crippen molar-refractivity contribution in [3.63, 3.8) is 0 Å². The highest BCUT2D eigenvalue weighted by atomic mass is 19.3. The maximum absolute atomic E-state index is 13.9. The van der Waals surface area contributed by atoms with Gasteiger partial charge in [-0.15, -0.1) is 0 Å².